The van der Waals surface area contributed by atoms with E-state index in [1.54, 1.807) is 6.07 Å². The molecule has 0 unspecified atom stereocenters. The van der Waals surface area contributed by atoms with E-state index >= 15 is 0 Å². The summed E-state index contributed by atoms with van der Waals surface area (Å²) in [6.45, 7) is 1.91. The lowest BCUT2D eigenvalue weighted by molar-refractivity contribution is 0.0145. The van der Waals surface area contributed by atoms with E-state index in [0.717, 1.165) is 18.4 Å². The third-order valence-electron chi connectivity index (χ3n) is 2.81. The number of benzene rings is 1. The standard InChI is InChI=1S/C12H15NO2.ClH/c1-9-5-3-4-6-10(9)11(14)15-12(13-2)7-8-12;/h3-6,13H,7-8H2,1-2H3;1H. The van der Waals surface area contributed by atoms with E-state index < -0.39 is 0 Å². The molecule has 0 aliphatic heterocycles. The van der Waals surface area contributed by atoms with E-state index in [-0.39, 0.29) is 24.1 Å². The van der Waals surface area contributed by atoms with Gasteiger partial charge in [0.25, 0.3) is 0 Å². The van der Waals surface area contributed by atoms with E-state index in [9.17, 15) is 4.79 Å². The van der Waals surface area contributed by atoms with Gasteiger partial charge in [0.1, 0.15) is 0 Å². The van der Waals surface area contributed by atoms with Crippen molar-refractivity contribution in [3.63, 3.8) is 0 Å². The maximum absolute atomic E-state index is 11.8. The van der Waals surface area contributed by atoms with Gasteiger partial charge in [0, 0.05) is 12.8 Å². The van der Waals surface area contributed by atoms with Crippen LogP contribution in [0.1, 0.15) is 28.8 Å². The molecule has 0 atom stereocenters. The zero-order valence-electron chi connectivity index (χ0n) is 9.45. The largest absolute Gasteiger partial charge is 0.440 e. The Morgan fingerprint density at radius 2 is 2.00 bits per heavy atom. The van der Waals surface area contributed by atoms with Crippen molar-refractivity contribution in [2.75, 3.05) is 7.05 Å². The number of esters is 1. The van der Waals surface area contributed by atoms with Gasteiger partial charge >= 0.3 is 5.97 Å². The molecule has 0 spiro atoms. The van der Waals surface area contributed by atoms with Crippen LogP contribution >= 0.6 is 12.4 Å². The van der Waals surface area contributed by atoms with Crippen LogP contribution in [-0.2, 0) is 4.74 Å². The molecule has 2 rings (SSSR count). The molecule has 0 aromatic heterocycles. The first kappa shape index (κ1) is 13.0. The van der Waals surface area contributed by atoms with Gasteiger partial charge in [0.15, 0.2) is 5.72 Å². The van der Waals surface area contributed by atoms with Crippen molar-refractivity contribution >= 4 is 18.4 Å². The molecular formula is C12H16ClNO2. The Balaban J connectivity index is 0.00000128. The lowest BCUT2D eigenvalue weighted by Crippen LogP contribution is -2.33. The predicted octanol–water partition coefficient (Wildman–Crippen LogP) is 2.28. The summed E-state index contributed by atoms with van der Waals surface area (Å²) < 4.78 is 5.41. The van der Waals surface area contributed by atoms with Gasteiger partial charge in [-0.05, 0) is 25.6 Å². The second-order valence-electron chi connectivity index (χ2n) is 3.95. The average Bonchev–Trinajstić information content (AvgIpc) is 2.99. The summed E-state index contributed by atoms with van der Waals surface area (Å²) in [6.07, 6.45) is 1.81. The molecule has 1 aromatic carbocycles. The first-order valence-corrected chi connectivity index (χ1v) is 5.15. The van der Waals surface area contributed by atoms with Crippen LogP contribution in [0.15, 0.2) is 24.3 Å². The lowest BCUT2D eigenvalue weighted by atomic mass is 10.1. The number of hydrogen-bond donors (Lipinski definition) is 1. The van der Waals surface area contributed by atoms with E-state index in [0.29, 0.717) is 5.56 Å². The van der Waals surface area contributed by atoms with Gasteiger partial charge in [-0.25, -0.2) is 4.79 Å². The van der Waals surface area contributed by atoms with Gasteiger partial charge in [-0.1, -0.05) is 18.2 Å². The van der Waals surface area contributed by atoms with Crippen LogP contribution in [0.5, 0.6) is 0 Å². The molecule has 16 heavy (non-hydrogen) atoms. The van der Waals surface area contributed by atoms with Gasteiger partial charge in [0.2, 0.25) is 0 Å². The van der Waals surface area contributed by atoms with Gasteiger partial charge < -0.3 is 4.74 Å². The molecular weight excluding hydrogens is 226 g/mol. The minimum absolute atomic E-state index is 0. The second kappa shape index (κ2) is 4.85. The molecule has 4 heteroatoms. The van der Waals surface area contributed by atoms with Crippen molar-refractivity contribution in [1.82, 2.24) is 5.32 Å². The summed E-state index contributed by atoms with van der Waals surface area (Å²) in [5.41, 5.74) is 1.22. The van der Waals surface area contributed by atoms with Crippen LogP contribution < -0.4 is 5.32 Å². The highest BCUT2D eigenvalue weighted by atomic mass is 35.5. The van der Waals surface area contributed by atoms with Crippen molar-refractivity contribution < 1.29 is 9.53 Å². The number of carbonyl (C=O) groups excluding carboxylic acids is 1. The summed E-state index contributed by atoms with van der Waals surface area (Å²) in [4.78, 5) is 11.8. The fourth-order valence-corrected chi connectivity index (χ4v) is 1.55. The molecule has 1 aromatic rings. The van der Waals surface area contributed by atoms with E-state index in [4.69, 9.17) is 4.74 Å². The minimum Gasteiger partial charge on any atom is -0.440 e. The average molecular weight is 242 g/mol. The fraction of sp³-hybridized carbons (Fsp3) is 0.417. The smallest absolute Gasteiger partial charge is 0.340 e. The number of aryl methyl sites for hydroxylation is 1. The van der Waals surface area contributed by atoms with Crippen molar-refractivity contribution in [3.05, 3.63) is 35.4 Å². The minimum atomic E-state index is -0.390. The summed E-state index contributed by atoms with van der Waals surface area (Å²) in [6, 6.07) is 7.47. The molecule has 0 amide bonds. The molecule has 0 saturated heterocycles. The van der Waals surface area contributed by atoms with Crippen molar-refractivity contribution in [2.24, 2.45) is 0 Å². The molecule has 3 nitrogen and oxygen atoms in total. The highest BCUT2D eigenvalue weighted by Gasteiger charge is 2.45. The normalized spacial score (nSPS) is 16.1. The SMILES string of the molecule is CNC1(OC(=O)c2ccccc2C)CC1.Cl. The van der Waals surface area contributed by atoms with Crippen molar-refractivity contribution in [3.8, 4) is 0 Å². The highest BCUT2D eigenvalue weighted by molar-refractivity contribution is 5.91. The molecule has 0 heterocycles. The zero-order chi connectivity index (χ0) is 10.9. The molecule has 0 bridgehead atoms. The number of hydrogen-bond acceptors (Lipinski definition) is 3. The first-order chi connectivity index (χ1) is 7.17. The maximum Gasteiger partial charge on any atom is 0.340 e. The molecule has 1 aliphatic rings. The molecule has 0 radical (unpaired) electrons. The second-order valence-corrected chi connectivity index (χ2v) is 3.95. The topological polar surface area (TPSA) is 38.3 Å². The quantitative estimate of drug-likeness (QED) is 0.652. The highest BCUT2D eigenvalue weighted by Crippen LogP contribution is 2.36. The number of carbonyl (C=O) groups is 1. The number of ether oxygens (including phenoxy) is 1. The summed E-state index contributed by atoms with van der Waals surface area (Å²) in [5.74, 6) is -0.236. The Morgan fingerprint density at radius 1 is 1.38 bits per heavy atom. The van der Waals surface area contributed by atoms with Gasteiger partial charge in [-0.15, -0.1) is 12.4 Å². The molecule has 88 valence electrons. The lowest BCUT2D eigenvalue weighted by Gasteiger charge is -2.16. The zero-order valence-corrected chi connectivity index (χ0v) is 10.3. The van der Waals surface area contributed by atoms with Gasteiger partial charge in [-0.3, -0.25) is 5.32 Å². The Bertz CT molecular complexity index is 388. The van der Waals surface area contributed by atoms with Crippen molar-refractivity contribution in [2.45, 2.75) is 25.5 Å². The Labute approximate surface area is 102 Å². The van der Waals surface area contributed by atoms with Crippen LogP contribution in [0.3, 0.4) is 0 Å². The van der Waals surface area contributed by atoms with Crippen molar-refractivity contribution in [1.29, 1.82) is 0 Å². The molecule has 1 N–H and O–H groups in total. The third kappa shape index (κ3) is 2.54. The summed E-state index contributed by atoms with van der Waals surface area (Å²) in [7, 11) is 1.82. The van der Waals surface area contributed by atoms with Crippen LogP contribution in [-0.4, -0.2) is 18.7 Å². The van der Waals surface area contributed by atoms with Crippen LogP contribution in [0.2, 0.25) is 0 Å². The Hall–Kier alpha value is -1.06. The summed E-state index contributed by atoms with van der Waals surface area (Å²) in [5, 5.41) is 3.03. The maximum atomic E-state index is 11.8. The van der Waals surface area contributed by atoms with Crippen LogP contribution in [0.25, 0.3) is 0 Å². The number of nitrogens with one attached hydrogen (secondary N) is 1. The summed E-state index contributed by atoms with van der Waals surface area (Å²) >= 11 is 0. The molecule has 1 fully saturated rings. The van der Waals surface area contributed by atoms with E-state index in [1.165, 1.54) is 0 Å². The first-order valence-electron chi connectivity index (χ1n) is 5.15. The number of rotatable bonds is 3. The molecule has 1 aliphatic carbocycles. The van der Waals surface area contributed by atoms with E-state index in [1.807, 2.05) is 32.2 Å². The van der Waals surface area contributed by atoms with Crippen LogP contribution in [0.4, 0.5) is 0 Å². The fourth-order valence-electron chi connectivity index (χ4n) is 1.55. The third-order valence-corrected chi connectivity index (χ3v) is 2.81. The van der Waals surface area contributed by atoms with E-state index in [2.05, 4.69) is 5.32 Å². The van der Waals surface area contributed by atoms with Gasteiger partial charge in [-0.2, -0.15) is 0 Å². The Morgan fingerprint density at radius 3 is 2.50 bits per heavy atom. The monoisotopic (exact) mass is 241 g/mol. The van der Waals surface area contributed by atoms with Crippen LogP contribution in [0, 0.1) is 6.92 Å². The van der Waals surface area contributed by atoms with Gasteiger partial charge in [0.05, 0.1) is 5.56 Å². The predicted molar refractivity (Wildman–Crippen MR) is 64.9 cm³/mol. The Kier molecular flexibility index (Phi) is 3.94. The number of halogens is 1. The molecule has 1 saturated carbocycles.